The van der Waals surface area contributed by atoms with Crippen molar-refractivity contribution in [3.8, 4) is 0 Å². The van der Waals surface area contributed by atoms with Gasteiger partial charge in [0.05, 0.1) is 0 Å². The molecule has 0 spiro atoms. The highest BCUT2D eigenvalue weighted by Gasteiger charge is 1.70. The molecule has 0 fully saturated rings. The van der Waals surface area contributed by atoms with E-state index in [4.69, 9.17) is 0 Å². The molecule has 0 aromatic rings. The highest BCUT2D eigenvalue weighted by molar-refractivity contribution is 14.1. The van der Waals surface area contributed by atoms with Crippen molar-refractivity contribution in [2.75, 3.05) is 0 Å². The predicted octanol–water partition coefficient (Wildman–Crippen LogP) is 3.64. The van der Waals surface area contributed by atoms with Crippen molar-refractivity contribution in [2.24, 2.45) is 0 Å². The van der Waals surface area contributed by atoms with Gasteiger partial charge in [-0.1, -0.05) is 63.1 Å². The SMILES string of the molecule is CC(C)I.CCCC. The van der Waals surface area contributed by atoms with Gasteiger partial charge in [-0.3, -0.25) is 0 Å². The summed E-state index contributed by atoms with van der Waals surface area (Å²) in [5.74, 6) is 0. The number of alkyl halides is 1. The Balaban J connectivity index is 0. The number of halogens is 1. The fourth-order valence-electron chi connectivity index (χ4n) is 0. The zero-order valence-electron chi connectivity index (χ0n) is 6.37. The van der Waals surface area contributed by atoms with Crippen LogP contribution in [0.5, 0.6) is 0 Å². The van der Waals surface area contributed by atoms with Gasteiger partial charge in [-0.05, 0) is 0 Å². The minimum atomic E-state index is 0.803. The van der Waals surface area contributed by atoms with E-state index < -0.39 is 0 Å². The third kappa shape index (κ3) is 73.8. The van der Waals surface area contributed by atoms with Gasteiger partial charge in [0, 0.05) is 3.92 Å². The number of hydrogen-bond acceptors (Lipinski definition) is 0. The molecule has 0 rings (SSSR count). The predicted molar refractivity (Wildman–Crippen MR) is 49.7 cm³/mol. The maximum atomic E-state index is 2.34. The summed E-state index contributed by atoms with van der Waals surface area (Å²) in [6, 6.07) is 0. The first kappa shape index (κ1) is 11.5. The van der Waals surface area contributed by atoms with Crippen LogP contribution in [-0.2, 0) is 0 Å². The van der Waals surface area contributed by atoms with Crippen molar-refractivity contribution >= 4 is 22.6 Å². The highest BCUT2D eigenvalue weighted by Crippen LogP contribution is 1.91. The maximum Gasteiger partial charge on any atom is 0.00530 e. The number of rotatable bonds is 1. The molecule has 0 aromatic heterocycles. The quantitative estimate of drug-likeness (QED) is 0.474. The zero-order chi connectivity index (χ0) is 6.99. The molecule has 0 bridgehead atoms. The van der Waals surface area contributed by atoms with E-state index >= 15 is 0 Å². The summed E-state index contributed by atoms with van der Waals surface area (Å²) in [6.45, 7) is 8.67. The fraction of sp³-hybridized carbons (Fsp3) is 1.00. The van der Waals surface area contributed by atoms with Crippen molar-refractivity contribution in [3.05, 3.63) is 0 Å². The van der Waals surface area contributed by atoms with Crippen molar-refractivity contribution in [3.63, 3.8) is 0 Å². The Morgan fingerprint density at radius 3 is 1.25 bits per heavy atom. The zero-order valence-corrected chi connectivity index (χ0v) is 8.53. The molecule has 0 atom stereocenters. The second-order valence-corrected chi connectivity index (χ2v) is 4.51. The van der Waals surface area contributed by atoms with E-state index in [1.165, 1.54) is 12.8 Å². The molecule has 0 saturated carbocycles. The molecule has 0 aliphatic carbocycles. The van der Waals surface area contributed by atoms with Crippen LogP contribution in [0.15, 0.2) is 0 Å². The lowest BCUT2D eigenvalue weighted by atomic mass is 10.4. The monoisotopic (exact) mass is 228 g/mol. The lowest BCUT2D eigenvalue weighted by Gasteiger charge is -1.76. The summed E-state index contributed by atoms with van der Waals surface area (Å²) in [5.41, 5.74) is 0. The molecule has 0 aliphatic rings. The van der Waals surface area contributed by atoms with Gasteiger partial charge in [0.25, 0.3) is 0 Å². The Morgan fingerprint density at radius 1 is 1.12 bits per heavy atom. The first-order chi connectivity index (χ1) is 3.65. The Kier molecular flexibility index (Phi) is 15.4. The third-order valence-corrected chi connectivity index (χ3v) is 0.500. The summed E-state index contributed by atoms with van der Waals surface area (Å²) >= 11 is 2.34. The van der Waals surface area contributed by atoms with E-state index in [1.807, 2.05) is 0 Å². The normalized spacial score (nSPS) is 8.25. The molecule has 0 aliphatic heterocycles. The molecule has 0 heterocycles. The van der Waals surface area contributed by atoms with Crippen molar-refractivity contribution in [1.29, 1.82) is 0 Å². The van der Waals surface area contributed by atoms with Gasteiger partial charge in [-0.15, -0.1) is 0 Å². The highest BCUT2D eigenvalue weighted by atomic mass is 127. The van der Waals surface area contributed by atoms with Gasteiger partial charge in [0.1, 0.15) is 0 Å². The summed E-state index contributed by atoms with van der Waals surface area (Å²) in [5, 5.41) is 0. The molecule has 0 N–H and O–H groups in total. The molecular weight excluding hydrogens is 211 g/mol. The average molecular weight is 228 g/mol. The standard InChI is InChI=1S/C4H10.C3H7I/c1-3-4-2;1-3(2)4/h3-4H2,1-2H3;3H,1-2H3. The van der Waals surface area contributed by atoms with E-state index in [2.05, 4.69) is 50.3 Å². The van der Waals surface area contributed by atoms with Gasteiger partial charge in [0.15, 0.2) is 0 Å². The van der Waals surface area contributed by atoms with Crippen LogP contribution in [0.4, 0.5) is 0 Å². The van der Waals surface area contributed by atoms with Gasteiger partial charge in [-0.25, -0.2) is 0 Å². The molecule has 1 heteroatoms. The summed E-state index contributed by atoms with van der Waals surface area (Å²) < 4.78 is 0.803. The lowest BCUT2D eigenvalue weighted by Crippen LogP contribution is -1.69. The van der Waals surface area contributed by atoms with Gasteiger partial charge < -0.3 is 0 Å². The van der Waals surface area contributed by atoms with E-state index in [1.54, 1.807) is 0 Å². The van der Waals surface area contributed by atoms with Crippen molar-refractivity contribution < 1.29 is 0 Å². The third-order valence-electron chi connectivity index (χ3n) is 0.500. The largest absolute Gasteiger partial charge is 0.0832 e. The molecule has 52 valence electrons. The van der Waals surface area contributed by atoms with Gasteiger partial charge in [-0.2, -0.15) is 0 Å². The van der Waals surface area contributed by atoms with Crippen LogP contribution in [0.3, 0.4) is 0 Å². The molecule has 0 amide bonds. The lowest BCUT2D eigenvalue weighted by molar-refractivity contribution is 0.886. The molecule has 0 radical (unpaired) electrons. The van der Waals surface area contributed by atoms with Crippen LogP contribution in [0.2, 0.25) is 0 Å². The van der Waals surface area contributed by atoms with Gasteiger partial charge >= 0.3 is 0 Å². The van der Waals surface area contributed by atoms with Crippen molar-refractivity contribution in [1.82, 2.24) is 0 Å². The van der Waals surface area contributed by atoms with E-state index in [0.29, 0.717) is 0 Å². The number of unbranched alkanes of at least 4 members (excludes halogenated alkanes) is 1. The molecule has 0 nitrogen and oxygen atoms in total. The van der Waals surface area contributed by atoms with Crippen LogP contribution >= 0.6 is 22.6 Å². The number of hydrogen-bond donors (Lipinski definition) is 0. The van der Waals surface area contributed by atoms with Gasteiger partial charge in [0.2, 0.25) is 0 Å². The Bertz CT molecular complexity index is 20.8. The second-order valence-electron chi connectivity index (χ2n) is 2.01. The minimum Gasteiger partial charge on any atom is -0.0832 e. The first-order valence-corrected chi connectivity index (χ1v) is 4.53. The van der Waals surface area contributed by atoms with Crippen LogP contribution in [-0.4, -0.2) is 3.92 Å². The summed E-state index contributed by atoms with van der Waals surface area (Å²) in [7, 11) is 0. The molecular formula is C7H17I. The fourth-order valence-corrected chi connectivity index (χ4v) is 0. The topological polar surface area (TPSA) is 0 Å². The van der Waals surface area contributed by atoms with Crippen molar-refractivity contribution in [2.45, 2.75) is 44.5 Å². The van der Waals surface area contributed by atoms with Crippen LogP contribution in [0, 0.1) is 0 Å². The average Bonchev–Trinajstić information content (AvgIpc) is 1.65. The Labute approximate surface area is 67.2 Å². The minimum absolute atomic E-state index is 0.803. The molecule has 0 aromatic carbocycles. The smallest absolute Gasteiger partial charge is 0.00530 e. The summed E-state index contributed by atoms with van der Waals surface area (Å²) in [6.07, 6.45) is 2.64. The van der Waals surface area contributed by atoms with Crippen LogP contribution in [0.25, 0.3) is 0 Å². The molecule has 0 saturated heterocycles. The van der Waals surface area contributed by atoms with E-state index in [-0.39, 0.29) is 0 Å². The Hall–Kier alpha value is 0.730. The van der Waals surface area contributed by atoms with E-state index in [0.717, 1.165) is 3.92 Å². The first-order valence-electron chi connectivity index (χ1n) is 3.29. The summed E-state index contributed by atoms with van der Waals surface area (Å²) in [4.78, 5) is 0. The van der Waals surface area contributed by atoms with Crippen LogP contribution in [0.1, 0.15) is 40.5 Å². The van der Waals surface area contributed by atoms with Crippen LogP contribution < -0.4 is 0 Å². The maximum absolute atomic E-state index is 2.34. The van der Waals surface area contributed by atoms with E-state index in [9.17, 15) is 0 Å². The Morgan fingerprint density at radius 2 is 1.25 bits per heavy atom. The molecule has 8 heavy (non-hydrogen) atoms. The second kappa shape index (κ2) is 10.7. The molecule has 0 unspecified atom stereocenters.